The zero-order chi connectivity index (χ0) is 24.8. The number of nitrogens with one attached hydrogen (secondary N) is 3. The summed E-state index contributed by atoms with van der Waals surface area (Å²) in [7, 11) is 0. The Morgan fingerprint density at radius 1 is 0.857 bits per heavy atom. The van der Waals surface area contributed by atoms with Gasteiger partial charge in [-0.3, -0.25) is 25.2 Å². The van der Waals surface area contributed by atoms with Crippen LogP contribution in [0.25, 0.3) is 17.1 Å². The molecule has 0 saturated heterocycles. The average molecular weight is 473 g/mol. The van der Waals surface area contributed by atoms with Crippen molar-refractivity contribution in [1.29, 1.82) is 0 Å². The third-order valence-electron chi connectivity index (χ3n) is 5.12. The average Bonchev–Trinajstić information content (AvgIpc) is 3.57. The Balaban J connectivity index is 1.50. The molecule has 2 heterocycles. The van der Waals surface area contributed by atoms with E-state index in [0.29, 0.717) is 5.82 Å². The van der Waals surface area contributed by atoms with Gasteiger partial charge in [-0.05, 0) is 30.2 Å². The molecule has 0 fully saturated rings. The molecule has 35 heavy (non-hydrogen) atoms. The second-order valence-corrected chi connectivity index (χ2v) is 7.99. The number of carbonyl (C=O) groups excluding carboxylic acids is 3. The van der Waals surface area contributed by atoms with E-state index in [4.69, 9.17) is 4.42 Å². The van der Waals surface area contributed by atoms with Crippen LogP contribution in [0.2, 0.25) is 0 Å². The van der Waals surface area contributed by atoms with E-state index in [1.807, 2.05) is 60.7 Å². The zero-order valence-electron chi connectivity index (χ0n) is 19.1. The van der Waals surface area contributed by atoms with Gasteiger partial charge >= 0.3 is 5.91 Å². The molecular formula is C25H24N6O4. The molecule has 0 radical (unpaired) electrons. The van der Waals surface area contributed by atoms with Gasteiger partial charge in [-0.25, -0.2) is 9.67 Å². The monoisotopic (exact) mass is 472 g/mol. The summed E-state index contributed by atoms with van der Waals surface area (Å²) in [5.74, 6) is -1.68. The first-order valence-corrected chi connectivity index (χ1v) is 11.0. The fourth-order valence-corrected chi connectivity index (χ4v) is 3.34. The largest absolute Gasteiger partial charge is 0.459 e. The topological polar surface area (TPSA) is 131 Å². The van der Waals surface area contributed by atoms with Gasteiger partial charge in [0.1, 0.15) is 6.04 Å². The van der Waals surface area contributed by atoms with Crippen LogP contribution >= 0.6 is 0 Å². The number of para-hydroxylation sites is 1. The number of rotatable bonds is 7. The van der Waals surface area contributed by atoms with Crippen molar-refractivity contribution in [2.45, 2.75) is 19.9 Å². The highest BCUT2D eigenvalue weighted by Crippen LogP contribution is 2.20. The van der Waals surface area contributed by atoms with E-state index in [-0.39, 0.29) is 17.5 Å². The minimum atomic E-state index is -0.914. The summed E-state index contributed by atoms with van der Waals surface area (Å²) in [5.41, 5.74) is 6.18. The number of carbonyl (C=O) groups is 3. The van der Waals surface area contributed by atoms with Gasteiger partial charge < -0.3 is 9.73 Å². The smallest absolute Gasteiger partial charge is 0.309 e. The van der Waals surface area contributed by atoms with Crippen molar-refractivity contribution < 1.29 is 18.8 Å². The van der Waals surface area contributed by atoms with Crippen molar-refractivity contribution in [3.63, 3.8) is 0 Å². The van der Waals surface area contributed by atoms with E-state index in [1.54, 1.807) is 24.6 Å². The fourth-order valence-electron chi connectivity index (χ4n) is 3.34. The lowest BCUT2D eigenvalue weighted by Crippen LogP contribution is -2.54. The molecule has 2 aromatic carbocycles. The van der Waals surface area contributed by atoms with Gasteiger partial charge in [0.05, 0.1) is 12.0 Å². The number of furan rings is 1. The van der Waals surface area contributed by atoms with Gasteiger partial charge in [0.15, 0.2) is 11.6 Å². The van der Waals surface area contributed by atoms with Crippen LogP contribution in [-0.2, 0) is 4.79 Å². The maximum Gasteiger partial charge on any atom is 0.309 e. The number of hydrazine groups is 1. The molecule has 0 unspecified atom stereocenters. The molecule has 0 aliphatic carbocycles. The first kappa shape index (κ1) is 23.4. The van der Waals surface area contributed by atoms with Crippen molar-refractivity contribution in [2.24, 2.45) is 5.92 Å². The van der Waals surface area contributed by atoms with Crippen LogP contribution in [0.1, 0.15) is 35.0 Å². The molecule has 0 saturated carbocycles. The summed E-state index contributed by atoms with van der Waals surface area (Å²) < 4.78 is 6.63. The third kappa shape index (κ3) is 5.44. The van der Waals surface area contributed by atoms with Gasteiger partial charge in [0, 0.05) is 5.56 Å². The Kier molecular flexibility index (Phi) is 7.01. The van der Waals surface area contributed by atoms with Crippen LogP contribution in [0.15, 0.2) is 83.5 Å². The summed E-state index contributed by atoms with van der Waals surface area (Å²) in [6.45, 7) is 3.54. The van der Waals surface area contributed by atoms with Crippen molar-refractivity contribution in [3.05, 3.63) is 90.6 Å². The quantitative estimate of drug-likeness (QED) is 0.355. The van der Waals surface area contributed by atoms with Crippen LogP contribution in [0, 0.1) is 5.92 Å². The number of benzene rings is 2. The standard InChI is InChI=1S/C25H24N6O4/c1-16(2)20(26-23(32)19-14-9-15-35-19)24(33)28-29-25(34)21-27-22(17-10-5-3-6-11-17)31(30-21)18-12-7-4-8-13-18/h3-16,20H,1-2H3,(H,26,32)(H,28,33)(H,29,34)/t20-/m0/s1. The SMILES string of the molecule is CC(C)[C@H](NC(=O)c1ccco1)C(=O)NNC(=O)c1nc(-c2ccccc2)n(-c2ccccc2)n1. The summed E-state index contributed by atoms with van der Waals surface area (Å²) >= 11 is 0. The van der Waals surface area contributed by atoms with Crippen molar-refractivity contribution >= 4 is 17.7 Å². The Morgan fingerprint density at radius 2 is 1.54 bits per heavy atom. The minimum absolute atomic E-state index is 0.0802. The van der Waals surface area contributed by atoms with Crippen molar-refractivity contribution in [2.75, 3.05) is 0 Å². The molecule has 0 bridgehead atoms. The maximum atomic E-state index is 12.8. The molecular weight excluding hydrogens is 448 g/mol. The number of hydrogen-bond acceptors (Lipinski definition) is 6. The molecule has 1 atom stereocenters. The number of amides is 3. The molecule has 4 rings (SSSR count). The van der Waals surface area contributed by atoms with Gasteiger partial charge in [0.2, 0.25) is 5.82 Å². The van der Waals surface area contributed by atoms with Gasteiger partial charge in [-0.2, -0.15) is 0 Å². The number of aromatic nitrogens is 3. The summed E-state index contributed by atoms with van der Waals surface area (Å²) in [4.78, 5) is 42.2. The molecule has 10 nitrogen and oxygen atoms in total. The Hall–Kier alpha value is -4.73. The summed E-state index contributed by atoms with van der Waals surface area (Å²) in [5, 5.41) is 6.96. The predicted molar refractivity (Wildman–Crippen MR) is 127 cm³/mol. The molecule has 0 spiro atoms. The van der Waals surface area contributed by atoms with E-state index in [1.165, 1.54) is 12.3 Å². The van der Waals surface area contributed by atoms with E-state index in [0.717, 1.165) is 11.3 Å². The Bertz CT molecular complexity index is 1240. The lowest BCUT2D eigenvalue weighted by atomic mass is 10.0. The van der Waals surface area contributed by atoms with E-state index >= 15 is 0 Å². The normalized spacial score (nSPS) is 11.6. The first-order valence-electron chi connectivity index (χ1n) is 11.0. The molecule has 3 N–H and O–H groups in total. The van der Waals surface area contributed by atoms with Crippen molar-refractivity contribution in [3.8, 4) is 17.1 Å². The Morgan fingerprint density at radius 3 is 2.17 bits per heavy atom. The zero-order valence-corrected chi connectivity index (χ0v) is 19.1. The molecule has 178 valence electrons. The van der Waals surface area contributed by atoms with E-state index < -0.39 is 23.8 Å². The number of nitrogens with zero attached hydrogens (tertiary/aromatic N) is 3. The van der Waals surface area contributed by atoms with Crippen molar-refractivity contribution in [1.82, 2.24) is 30.9 Å². The second kappa shape index (κ2) is 10.5. The third-order valence-corrected chi connectivity index (χ3v) is 5.12. The highest BCUT2D eigenvalue weighted by atomic mass is 16.3. The van der Waals surface area contributed by atoms with Crippen LogP contribution in [-0.4, -0.2) is 38.5 Å². The minimum Gasteiger partial charge on any atom is -0.459 e. The fraction of sp³-hybridized carbons (Fsp3) is 0.160. The highest BCUT2D eigenvalue weighted by Gasteiger charge is 2.27. The van der Waals surface area contributed by atoms with E-state index in [2.05, 4.69) is 26.3 Å². The molecule has 3 amide bonds. The van der Waals surface area contributed by atoms with Crippen LogP contribution in [0.4, 0.5) is 0 Å². The highest BCUT2D eigenvalue weighted by molar-refractivity contribution is 5.97. The van der Waals surface area contributed by atoms with Gasteiger partial charge in [-0.1, -0.05) is 62.4 Å². The van der Waals surface area contributed by atoms with Crippen LogP contribution in [0.5, 0.6) is 0 Å². The van der Waals surface area contributed by atoms with Gasteiger partial charge in [-0.15, -0.1) is 5.10 Å². The maximum absolute atomic E-state index is 12.8. The lowest BCUT2D eigenvalue weighted by molar-refractivity contribution is -0.124. The molecule has 0 aliphatic rings. The summed E-state index contributed by atoms with van der Waals surface area (Å²) in [6.07, 6.45) is 1.37. The summed E-state index contributed by atoms with van der Waals surface area (Å²) in [6, 6.07) is 20.8. The molecule has 2 aromatic heterocycles. The molecule has 0 aliphatic heterocycles. The first-order chi connectivity index (χ1) is 16.9. The van der Waals surface area contributed by atoms with Crippen LogP contribution < -0.4 is 16.2 Å². The molecule has 10 heteroatoms. The van der Waals surface area contributed by atoms with E-state index in [9.17, 15) is 14.4 Å². The van der Waals surface area contributed by atoms with Gasteiger partial charge in [0.25, 0.3) is 11.8 Å². The van der Waals surface area contributed by atoms with Crippen LogP contribution in [0.3, 0.4) is 0 Å². The molecule has 4 aromatic rings. The lowest BCUT2D eigenvalue weighted by Gasteiger charge is -2.21. The number of hydrogen-bond donors (Lipinski definition) is 3. The Labute approximate surface area is 201 Å². The predicted octanol–water partition coefficient (Wildman–Crippen LogP) is 2.74. The second-order valence-electron chi connectivity index (χ2n) is 7.99.